The Morgan fingerprint density at radius 1 is 1.47 bits per heavy atom. The summed E-state index contributed by atoms with van der Waals surface area (Å²) < 4.78 is 4.92. The predicted octanol–water partition coefficient (Wildman–Crippen LogP) is 0.529. The van der Waals surface area contributed by atoms with Crippen LogP contribution in [0.25, 0.3) is 0 Å². The lowest BCUT2D eigenvalue weighted by molar-refractivity contribution is -0.133. The average Bonchev–Trinajstić information content (AvgIpc) is 2.30. The van der Waals surface area contributed by atoms with Gasteiger partial charge in [0.25, 0.3) is 0 Å². The zero-order valence-corrected chi connectivity index (χ0v) is 9.77. The number of rotatable bonds is 5. The van der Waals surface area contributed by atoms with Crippen molar-refractivity contribution in [3.63, 3.8) is 0 Å². The first-order chi connectivity index (χ1) is 7.25. The van der Waals surface area contributed by atoms with Crippen molar-refractivity contribution in [2.75, 3.05) is 33.4 Å². The van der Waals surface area contributed by atoms with Crippen LogP contribution >= 0.6 is 0 Å². The number of carbonyl (C=O) groups is 1. The van der Waals surface area contributed by atoms with Crippen LogP contribution in [0.1, 0.15) is 26.2 Å². The molecule has 88 valence electrons. The molecule has 2 N–H and O–H groups in total. The van der Waals surface area contributed by atoms with Gasteiger partial charge >= 0.3 is 0 Å². The van der Waals surface area contributed by atoms with Crippen molar-refractivity contribution in [2.24, 2.45) is 5.41 Å². The second-order valence-electron chi connectivity index (χ2n) is 4.13. The van der Waals surface area contributed by atoms with Gasteiger partial charge in [-0.05, 0) is 32.4 Å². The number of piperidine rings is 1. The summed E-state index contributed by atoms with van der Waals surface area (Å²) in [5, 5.41) is 6.24. The van der Waals surface area contributed by atoms with E-state index < -0.39 is 0 Å². The van der Waals surface area contributed by atoms with E-state index in [2.05, 4.69) is 17.6 Å². The maximum Gasteiger partial charge on any atom is 0.226 e. The number of methoxy groups -OCH3 is 1. The first kappa shape index (κ1) is 12.5. The predicted molar refractivity (Wildman–Crippen MR) is 59.7 cm³/mol. The Hall–Kier alpha value is -0.610. The van der Waals surface area contributed by atoms with Crippen LogP contribution in [0.3, 0.4) is 0 Å². The maximum atomic E-state index is 12.0. The van der Waals surface area contributed by atoms with E-state index in [4.69, 9.17) is 4.74 Å². The number of hydrogen-bond donors (Lipinski definition) is 2. The van der Waals surface area contributed by atoms with Gasteiger partial charge in [-0.15, -0.1) is 0 Å². The van der Waals surface area contributed by atoms with Crippen molar-refractivity contribution in [2.45, 2.75) is 26.2 Å². The Labute approximate surface area is 91.8 Å². The van der Waals surface area contributed by atoms with E-state index in [1.54, 1.807) is 7.11 Å². The third-order valence-corrected chi connectivity index (χ3v) is 3.31. The van der Waals surface area contributed by atoms with E-state index in [-0.39, 0.29) is 11.3 Å². The van der Waals surface area contributed by atoms with Gasteiger partial charge in [0.05, 0.1) is 12.0 Å². The molecule has 4 heteroatoms. The Morgan fingerprint density at radius 3 is 2.67 bits per heavy atom. The summed E-state index contributed by atoms with van der Waals surface area (Å²) in [7, 11) is 1.65. The van der Waals surface area contributed by atoms with Gasteiger partial charge in [-0.3, -0.25) is 4.79 Å². The van der Waals surface area contributed by atoms with Gasteiger partial charge in [0.15, 0.2) is 0 Å². The van der Waals surface area contributed by atoms with Gasteiger partial charge < -0.3 is 15.4 Å². The molecular weight excluding hydrogens is 192 g/mol. The largest absolute Gasteiger partial charge is 0.383 e. The molecule has 1 saturated heterocycles. The molecule has 1 aliphatic rings. The molecule has 0 unspecified atom stereocenters. The molecule has 0 bridgehead atoms. The number of amides is 1. The first-order valence-corrected chi connectivity index (χ1v) is 5.73. The minimum Gasteiger partial charge on any atom is -0.383 e. The van der Waals surface area contributed by atoms with Gasteiger partial charge in [-0.25, -0.2) is 0 Å². The van der Waals surface area contributed by atoms with E-state index >= 15 is 0 Å². The van der Waals surface area contributed by atoms with Gasteiger partial charge in [0.1, 0.15) is 0 Å². The van der Waals surface area contributed by atoms with Gasteiger partial charge in [-0.1, -0.05) is 6.92 Å². The van der Waals surface area contributed by atoms with Crippen molar-refractivity contribution >= 4 is 5.91 Å². The highest BCUT2D eigenvalue weighted by Gasteiger charge is 2.37. The highest BCUT2D eigenvalue weighted by Crippen LogP contribution is 2.32. The Morgan fingerprint density at radius 2 is 2.13 bits per heavy atom. The lowest BCUT2D eigenvalue weighted by atomic mass is 9.76. The lowest BCUT2D eigenvalue weighted by Crippen LogP contribution is -2.47. The van der Waals surface area contributed by atoms with Crippen LogP contribution in [0.2, 0.25) is 0 Å². The topological polar surface area (TPSA) is 50.4 Å². The number of ether oxygens (including phenoxy) is 1. The summed E-state index contributed by atoms with van der Waals surface area (Å²) in [6.45, 7) is 5.20. The van der Waals surface area contributed by atoms with E-state index in [9.17, 15) is 4.79 Å². The van der Waals surface area contributed by atoms with Crippen LogP contribution < -0.4 is 10.6 Å². The van der Waals surface area contributed by atoms with Crippen molar-refractivity contribution in [1.29, 1.82) is 0 Å². The number of hydrogen-bond acceptors (Lipinski definition) is 3. The zero-order valence-electron chi connectivity index (χ0n) is 9.77. The molecule has 0 radical (unpaired) electrons. The van der Waals surface area contributed by atoms with Crippen LogP contribution in [0.5, 0.6) is 0 Å². The second kappa shape index (κ2) is 6.08. The van der Waals surface area contributed by atoms with Crippen molar-refractivity contribution in [1.82, 2.24) is 10.6 Å². The Balaban J connectivity index is 2.45. The summed E-state index contributed by atoms with van der Waals surface area (Å²) >= 11 is 0. The lowest BCUT2D eigenvalue weighted by Gasteiger charge is -2.35. The second-order valence-corrected chi connectivity index (χ2v) is 4.13. The normalized spacial score (nSPS) is 19.9. The first-order valence-electron chi connectivity index (χ1n) is 5.73. The highest BCUT2D eigenvalue weighted by molar-refractivity contribution is 5.82. The van der Waals surface area contributed by atoms with Crippen molar-refractivity contribution in [3.8, 4) is 0 Å². The quantitative estimate of drug-likeness (QED) is 0.656. The van der Waals surface area contributed by atoms with Gasteiger partial charge in [-0.2, -0.15) is 0 Å². The van der Waals surface area contributed by atoms with Gasteiger partial charge in [0.2, 0.25) is 5.91 Å². The Kier molecular flexibility index (Phi) is 5.05. The summed E-state index contributed by atoms with van der Waals surface area (Å²) in [6.07, 6.45) is 2.82. The molecule has 0 atom stereocenters. The minimum atomic E-state index is -0.140. The molecule has 1 amide bonds. The molecule has 4 nitrogen and oxygen atoms in total. The average molecular weight is 214 g/mol. The molecule has 1 aliphatic heterocycles. The molecule has 1 fully saturated rings. The third kappa shape index (κ3) is 3.18. The monoisotopic (exact) mass is 214 g/mol. The smallest absolute Gasteiger partial charge is 0.226 e. The fourth-order valence-electron chi connectivity index (χ4n) is 2.10. The fourth-order valence-corrected chi connectivity index (χ4v) is 2.10. The summed E-state index contributed by atoms with van der Waals surface area (Å²) in [5.74, 6) is 0.198. The molecule has 0 aromatic rings. The maximum absolute atomic E-state index is 12.0. The molecule has 0 aliphatic carbocycles. The molecule has 1 heterocycles. The molecule has 0 spiro atoms. The van der Waals surface area contributed by atoms with Crippen LogP contribution in [0.15, 0.2) is 0 Å². The third-order valence-electron chi connectivity index (χ3n) is 3.31. The van der Waals surface area contributed by atoms with Crippen LogP contribution in [-0.2, 0) is 9.53 Å². The molecule has 0 aromatic carbocycles. The van der Waals surface area contributed by atoms with Gasteiger partial charge in [0, 0.05) is 13.7 Å². The summed E-state index contributed by atoms with van der Waals surface area (Å²) in [5.41, 5.74) is -0.140. The van der Waals surface area contributed by atoms with Crippen molar-refractivity contribution < 1.29 is 9.53 Å². The molecule has 0 saturated carbocycles. The summed E-state index contributed by atoms with van der Waals surface area (Å²) in [4.78, 5) is 12.0. The molecule has 15 heavy (non-hydrogen) atoms. The van der Waals surface area contributed by atoms with E-state index in [1.807, 2.05) is 0 Å². The Bertz CT molecular complexity index is 201. The standard InChI is InChI=1S/C11H22N2O2/c1-3-11(4-6-12-7-5-11)10(14)13-8-9-15-2/h12H,3-9H2,1-2H3,(H,13,14). The fraction of sp³-hybridized carbons (Fsp3) is 0.909. The van der Waals surface area contributed by atoms with E-state index in [0.29, 0.717) is 13.2 Å². The van der Waals surface area contributed by atoms with E-state index in [0.717, 1.165) is 32.4 Å². The number of nitrogens with one attached hydrogen (secondary N) is 2. The SMILES string of the molecule is CCC1(C(=O)NCCOC)CCNCC1. The highest BCUT2D eigenvalue weighted by atomic mass is 16.5. The molecule has 0 aromatic heterocycles. The van der Waals surface area contributed by atoms with E-state index in [1.165, 1.54) is 0 Å². The van der Waals surface area contributed by atoms with Crippen LogP contribution in [0.4, 0.5) is 0 Å². The van der Waals surface area contributed by atoms with Crippen molar-refractivity contribution in [3.05, 3.63) is 0 Å². The summed E-state index contributed by atoms with van der Waals surface area (Å²) in [6, 6.07) is 0. The molecule has 1 rings (SSSR count). The molecular formula is C11H22N2O2. The van der Waals surface area contributed by atoms with Crippen LogP contribution in [-0.4, -0.2) is 39.3 Å². The number of carbonyl (C=O) groups excluding carboxylic acids is 1. The zero-order chi connectivity index (χ0) is 11.1. The minimum absolute atomic E-state index is 0.140. The van der Waals surface area contributed by atoms with Crippen LogP contribution in [0, 0.1) is 5.41 Å².